The second-order valence-corrected chi connectivity index (χ2v) is 4.53. The summed E-state index contributed by atoms with van der Waals surface area (Å²) < 4.78 is 5.39. The molecule has 0 aliphatic rings. The van der Waals surface area contributed by atoms with Crippen LogP contribution in [0, 0.1) is 11.3 Å². The number of nitrogens with two attached hydrogens (primary N) is 2. The van der Waals surface area contributed by atoms with Crippen LogP contribution in [0.1, 0.15) is 5.56 Å². The fourth-order valence-corrected chi connectivity index (χ4v) is 1.75. The molecule has 21 heavy (non-hydrogen) atoms. The minimum Gasteiger partial charge on any atom is -0.491 e. The number of hydrogen-bond donors (Lipinski definition) is 2. The Morgan fingerprint density at radius 2 is 1.62 bits per heavy atom. The molecule has 4 N–H and O–H groups in total. The Kier molecular flexibility index (Phi) is 4.54. The minimum absolute atomic E-state index is 0.0472. The van der Waals surface area contributed by atoms with E-state index in [9.17, 15) is 4.79 Å². The van der Waals surface area contributed by atoms with Gasteiger partial charge in [-0.15, -0.1) is 0 Å². The lowest BCUT2D eigenvalue weighted by molar-refractivity contribution is -0.119. The predicted octanol–water partition coefficient (Wildman–Crippen LogP) is 1.42. The van der Waals surface area contributed by atoms with E-state index in [1.54, 1.807) is 24.3 Å². The van der Waals surface area contributed by atoms with Gasteiger partial charge < -0.3 is 16.2 Å². The molecular formula is C16H15N3O2. The average Bonchev–Trinajstić information content (AvgIpc) is 2.53. The Morgan fingerprint density at radius 3 is 2.10 bits per heavy atom. The maximum absolute atomic E-state index is 10.8. The SMILES string of the molecule is N#Cc1ccc(-c2ccc(OCC(N)C(N)=O)cc2)cc1. The van der Waals surface area contributed by atoms with E-state index in [4.69, 9.17) is 21.5 Å². The number of nitriles is 1. The van der Waals surface area contributed by atoms with Gasteiger partial charge in [0.25, 0.3) is 0 Å². The van der Waals surface area contributed by atoms with Gasteiger partial charge in [0.05, 0.1) is 11.6 Å². The van der Waals surface area contributed by atoms with Crippen molar-refractivity contribution in [2.24, 2.45) is 11.5 Å². The average molecular weight is 281 g/mol. The zero-order chi connectivity index (χ0) is 15.2. The normalized spacial score (nSPS) is 11.4. The second-order valence-electron chi connectivity index (χ2n) is 4.53. The molecular weight excluding hydrogens is 266 g/mol. The van der Waals surface area contributed by atoms with Crippen LogP contribution in [0.2, 0.25) is 0 Å². The van der Waals surface area contributed by atoms with Gasteiger partial charge in [0, 0.05) is 0 Å². The summed E-state index contributed by atoms with van der Waals surface area (Å²) in [5.41, 5.74) is 13.2. The molecule has 2 aromatic rings. The molecule has 0 fully saturated rings. The molecule has 0 aliphatic heterocycles. The fourth-order valence-electron chi connectivity index (χ4n) is 1.75. The van der Waals surface area contributed by atoms with E-state index in [1.807, 2.05) is 24.3 Å². The van der Waals surface area contributed by atoms with Crippen LogP contribution in [0.5, 0.6) is 5.75 Å². The van der Waals surface area contributed by atoms with Gasteiger partial charge in [-0.1, -0.05) is 24.3 Å². The molecule has 0 aliphatic carbocycles. The van der Waals surface area contributed by atoms with Crippen molar-refractivity contribution in [3.63, 3.8) is 0 Å². The van der Waals surface area contributed by atoms with Gasteiger partial charge in [0.15, 0.2) is 0 Å². The Morgan fingerprint density at radius 1 is 1.10 bits per heavy atom. The highest BCUT2D eigenvalue weighted by Crippen LogP contribution is 2.22. The molecule has 0 bridgehead atoms. The number of hydrogen-bond acceptors (Lipinski definition) is 4. The molecule has 5 heteroatoms. The van der Waals surface area contributed by atoms with Crippen molar-refractivity contribution in [3.05, 3.63) is 54.1 Å². The smallest absolute Gasteiger partial charge is 0.237 e. The van der Waals surface area contributed by atoms with Crippen LogP contribution in [-0.4, -0.2) is 18.6 Å². The summed E-state index contributed by atoms with van der Waals surface area (Å²) >= 11 is 0. The molecule has 0 saturated heterocycles. The van der Waals surface area contributed by atoms with E-state index in [1.165, 1.54) is 0 Å². The fraction of sp³-hybridized carbons (Fsp3) is 0.125. The standard InChI is InChI=1S/C16H15N3O2/c17-9-11-1-3-12(4-2-11)13-5-7-14(8-6-13)21-10-15(18)16(19)20/h1-8,15H,10,18H2,(H2,19,20). The number of primary amides is 1. The first-order chi connectivity index (χ1) is 10.1. The summed E-state index contributed by atoms with van der Waals surface area (Å²) in [5.74, 6) is 0.0216. The lowest BCUT2D eigenvalue weighted by atomic mass is 10.0. The maximum atomic E-state index is 10.8. The molecule has 2 aromatic carbocycles. The molecule has 1 atom stereocenters. The molecule has 0 heterocycles. The molecule has 106 valence electrons. The topological polar surface area (TPSA) is 102 Å². The van der Waals surface area contributed by atoms with E-state index in [-0.39, 0.29) is 6.61 Å². The van der Waals surface area contributed by atoms with Gasteiger partial charge in [-0.05, 0) is 35.4 Å². The van der Waals surface area contributed by atoms with Crippen molar-refractivity contribution in [3.8, 4) is 22.9 Å². The van der Waals surface area contributed by atoms with Crippen LogP contribution in [0.15, 0.2) is 48.5 Å². The van der Waals surface area contributed by atoms with Crippen LogP contribution in [-0.2, 0) is 4.79 Å². The third-order valence-corrected chi connectivity index (χ3v) is 3.00. The highest BCUT2D eigenvalue weighted by Gasteiger charge is 2.09. The molecule has 0 aromatic heterocycles. The lowest BCUT2D eigenvalue weighted by Crippen LogP contribution is -2.41. The van der Waals surface area contributed by atoms with Gasteiger partial charge in [0.1, 0.15) is 18.4 Å². The first-order valence-corrected chi connectivity index (χ1v) is 6.38. The summed E-state index contributed by atoms with van der Waals surface area (Å²) in [5, 5.41) is 8.77. The number of nitrogens with zero attached hydrogens (tertiary/aromatic N) is 1. The number of carbonyl (C=O) groups is 1. The van der Waals surface area contributed by atoms with Gasteiger partial charge in [-0.25, -0.2) is 0 Å². The molecule has 1 unspecified atom stereocenters. The summed E-state index contributed by atoms with van der Waals surface area (Å²) in [6.07, 6.45) is 0. The van der Waals surface area contributed by atoms with E-state index >= 15 is 0 Å². The first-order valence-electron chi connectivity index (χ1n) is 6.38. The summed E-state index contributed by atoms with van der Waals surface area (Å²) in [6, 6.07) is 16.0. The minimum atomic E-state index is -0.816. The van der Waals surface area contributed by atoms with Crippen molar-refractivity contribution in [2.45, 2.75) is 6.04 Å². The van der Waals surface area contributed by atoms with Crippen LogP contribution in [0.3, 0.4) is 0 Å². The highest BCUT2D eigenvalue weighted by molar-refractivity contribution is 5.79. The van der Waals surface area contributed by atoms with E-state index < -0.39 is 11.9 Å². The number of rotatable bonds is 5. The zero-order valence-corrected chi connectivity index (χ0v) is 11.3. The third-order valence-electron chi connectivity index (χ3n) is 3.00. The van der Waals surface area contributed by atoms with Crippen molar-refractivity contribution in [1.29, 1.82) is 5.26 Å². The van der Waals surface area contributed by atoms with Gasteiger partial charge in [-0.2, -0.15) is 5.26 Å². The molecule has 2 rings (SSSR count). The third kappa shape index (κ3) is 3.81. The summed E-state index contributed by atoms with van der Waals surface area (Å²) in [4.78, 5) is 10.8. The molecule has 1 amide bonds. The Hall–Kier alpha value is -2.84. The Labute approximate surface area is 122 Å². The summed E-state index contributed by atoms with van der Waals surface area (Å²) in [6.45, 7) is 0.0472. The molecule has 0 spiro atoms. The number of amides is 1. The van der Waals surface area contributed by atoms with Crippen molar-refractivity contribution in [2.75, 3.05) is 6.61 Å². The monoisotopic (exact) mass is 281 g/mol. The second kappa shape index (κ2) is 6.55. The Bertz CT molecular complexity index is 657. The number of ether oxygens (including phenoxy) is 1. The molecule has 0 saturated carbocycles. The first kappa shape index (κ1) is 14.6. The van der Waals surface area contributed by atoms with Crippen molar-refractivity contribution < 1.29 is 9.53 Å². The maximum Gasteiger partial charge on any atom is 0.237 e. The van der Waals surface area contributed by atoms with Crippen LogP contribution < -0.4 is 16.2 Å². The van der Waals surface area contributed by atoms with Crippen molar-refractivity contribution >= 4 is 5.91 Å². The number of benzene rings is 2. The van der Waals surface area contributed by atoms with Crippen LogP contribution in [0.25, 0.3) is 11.1 Å². The molecule has 0 radical (unpaired) electrons. The highest BCUT2D eigenvalue weighted by atomic mass is 16.5. The van der Waals surface area contributed by atoms with Crippen molar-refractivity contribution in [1.82, 2.24) is 0 Å². The summed E-state index contributed by atoms with van der Waals surface area (Å²) in [7, 11) is 0. The number of carbonyl (C=O) groups excluding carboxylic acids is 1. The van der Waals surface area contributed by atoms with E-state index in [0.717, 1.165) is 11.1 Å². The van der Waals surface area contributed by atoms with E-state index in [0.29, 0.717) is 11.3 Å². The van der Waals surface area contributed by atoms with Gasteiger partial charge in [0.2, 0.25) is 5.91 Å². The van der Waals surface area contributed by atoms with E-state index in [2.05, 4.69) is 6.07 Å². The largest absolute Gasteiger partial charge is 0.491 e. The predicted molar refractivity (Wildman–Crippen MR) is 79.3 cm³/mol. The van der Waals surface area contributed by atoms with Crippen LogP contribution in [0.4, 0.5) is 0 Å². The lowest BCUT2D eigenvalue weighted by Gasteiger charge is -2.10. The Balaban J connectivity index is 2.04. The van der Waals surface area contributed by atoms with Gasteiger partial charge in [-0.3, -0.25) is 4.79 Å². The zero-order valence-electron chi connectivity index (χ0n) is 11.3. The van der Waals surface area contributed by atoms with Crippen LogP contribution >= 0.6 is 0 Å². The molecule has 5 nitrogen and oxygen atoms in total. The quantitative estimate of drug-likeness (QED) is 0.865. The van der Waals surface area contributed by atoms with Gasteiger partial charge >= 0.3 is 0 Å².